The molecular formula is C12H15N5O. The molecule has 2 rings (SSSR count). The first-order valence-electron chi connectivity index (χ1n) is 5.54. The van der Waals surface area contributed by atoms with Crippen molar-refractivity contribution < 1.29 is 4.79 Å². The largest absolute Gasteiger partial charge is 0.399 e. The highest BCUT2D eigenvalue weighted by Crippen LogP contribution is 2.11. The summed E-state index contributed by atoms with van der Waals surface area (Å²) in [7, 11) is 0. The van der Waals surface area contributed by atoms with Gasteiger partial charge in [0, 0.05) is 29.2 Å². The van der Waals surface area contributed by atoms with Crippen LogP contribution in [0.4, 0.5) is 16.2 Å². The Labute approximate surface area is 105 Å². The lowest BCUT2D eigenvalue weighted by Crippen LogP contribution is -2.28. The molecule has 94 valence electrons. The van der Waals surface area contributed by atoms with Gasteiger partial charge in [0.1, 0.15) is 0 Å². The number of aromatic nitrogens is 2. The highest BCUT2D eigenvalue weighted by molar-refractivity contribution is 5.89. The van der Waals surface area contributed by atoms with Crippen molar-refractivity contribution in [3.05, 3.63) is 41.7 Å². The van der Waals surface area contributed by atoms with E-state index in [1.54, 1.807) is 30.5 Å². The summed E-state index contributed by atoms with van der Waals surface area (Å²) in [5, 5.41) is 12.1. The Morgan fingerprint density at radius 2 is 2.33 bits per heavy atom. The lowest BCUT2D eigenvalue weighted by Gasteiger charge is -2.07. The predicted octanol–water partition coefficient (Wildman–Crippen LogP) is 1.62. The lowest BCUT2D eigenvalue weighted by molar-refractivity contribution is 0.251. The Morgan fingerprint density at radius 1 is 1.50 bits per heavy atom. The summed E-state index contributed by atoms with van der Waals surface area (Å²) in [6, 6.07) is 6.74. The van der Waals surface area contributed by atoms with Crippen LogP contribution in [0.1, 0.15) is 11.3 Å². The lowest BCUT2D eigenvalue weighted by atomic mass is 10.2. The molecule has 1 aromatic carbocycles. The van der Waals surface area contributed by atoms with Gasteiger partial charge in [-0.05, 0) is 25.1 Å². The number of carbonyl (C=O) groups is 1. The van der Waals surface area contributed by atoms with Gasteiger partial charge in [0.05, 0.1) is 6.20 Å². The van der Waals surface area contributed by atoms with Crippen molar-refractivity contribution in [1.82, 2.24) is 15.5 Å². The average molecular weight is 245 g/mol. The summed E-state index contributed by atoms with van der Waals surface area (Å²) in [6.45, 7) is 2.33. The molecule has 0 saturated carbocycles. The number of benzene rings is 1. The topological polar surface area (TPSA) is 95.8 Å². The molecule has 18 heavy (non-hydrogen) atoms. The van der Waals surface area contributed by atoms with E-state index in [9.17, 15) is 4.79 Å². The summed E-state index contributed by atoms with van der Waals surface area (Å²) < 4.78 is 0. The van der Waals surface area contributed by atoms with E-state index in [0.29, 0.717) is 17.9 Å². The van der Waals surface area contributed by atoms with Crippen molar-refractivity contribution >= 4 is 17.4 Å². The van der Waals surface area contributed by atoms with Crippen molar-refractivity contribution in [2.75, 3.05) is 11.1 Å². The van der Waals surface area contributed by atoms with Crippen LogP contribution in [-0.2, 0) is 6.54 Å². The van der Waals surface area contributed by atoms with Gasteiger partial charge in [-0.3, -0.25) is 5.10 Å². The number of hydrogen-bond donors (Lipinski definition) is 4. The highest BCUT2D eigenvalue weighted by atomic mass is 16.2. The molecule has 5 N–H and O–H groups in total. The van der Waals surface area contributed by atoms with Gasteiger partial charge in [-0.2, -0.15) is 5.10 Å². The summed E-state index contributed by atoms with van der Waals surface area (Å²) >= 11 is 0. The molecule has 0 aliphatic heterocycles. The van der Waals surface area contributed by atoms with Crippen LogP contribution in [0.15, 0.2) is 30.5 Å². The molecule has 0 spiro atoms. The summed E-state index contributed by atoms with van der Waals surface area (Å²) in [4.78, 5) is 11.6. The number of nitrogen functional groups attached to an aromatic ring is 1. The minimum absolute atomic E-state index is 0.277. The van der Waals surface area contributed by atoms with Crippen LogP contribution in [0.2, 0.25) is 0 Å². The first kappa shape index (κ1) is 12.0. The molecule has 2 aromatic rings. The van der Waals surface area contributed by atoms with Crippen LogP contribution in [0.5, 0.6) is 0 Å². The number of nitrogens with one attached hydrogen (secondary N) is 3. The number of hydrogen-bond acceptors (Lipinski definition) is 3. The zero-order chi connectivity index (χ0) is 13.0. The molecule has 6 heteroatoms. The average Bonchev–Trinajstić information content (AvgIpc) is 2.72. The van der Waals surface area contributed by atoms with Crippen LogP contribution in [0, 0.1) is 6.92 Å². The number of nitrogens with zero attached hydrogens (tertiary/aromatic N) is 1. The minimum Gasteiger partial charge on any atom is -0.399 e. The van der Waals surface area contributed by atoms with Gasteiger partial charge in [0.25, 0.3) is 0 Å². The molecule has 0 radical (unpaired) electrons. The maximum atomic E-state index is 11.6. The Kier molecular flexibility index (Phi) is 3.47. The second-order valence-electron chi connectivity index (χ2n) is 3.95. The number of amides is 2. The molecule has 0 bridgehead atoms. The van der Waals surface area contributed by atoms with Crippen molar-refractivity contribution in [2.24, 2.45) is 0 Å². The molecular weight excluding hydrogens is 230 g/mol. The van der Waals surface area contributed by atoms with E-state index in [1.807, 2.05) is 6.92 Å². The fourth-order valence-electron chi connectivity index (χ4n) is 1.52. The molecule has 0 fully saturated rings. The number of aromatic amines is 1. The minimum atomic E-state index is -0.277. The number of anilines is 2. The second kappa shape index (κ2) is 5.22. The van der Waals surface area contributed by atoms with Gasteiger partial charge in [-0.25, -0.2) is 4.79 Å². The van der Waals surface area contributed by atoms with Gasteiger partial charge in [-0.15, -0.1) is 0 Å². The van der Waals surface area contributed by atoms with Crippen LogP contribution < -0.4 is 16.4 Å². The normalized spacial score (nSPS) is 10.1. The zero-order valence-corrected chi connectivity index (χ0v) is 10.0. The van der Waals surface area contributed by atoms with Crippen molar-refractivity contribution in [3.8, 4) is 0 Å². The smallest absolute Gasteiger partial charge is 0.319 e. The number of aryl methyl sites for hydroxylation is 1. The first-order chi connectivity index (χ1) is 8.65. The standard InChI is InChI=1S/C12H15N5O/c1-8-9(7-15-17-8)6-14-12(18)16-11-4-2-3-10(13)5-11/h2-5,7H,6,13H2,1H3,(H,15,17)(H2,14,16,18). The third-order valence-electron chi connectivity index (χ3n) is 2.52. The van der Waals surface area contributed by atoms with E-state index in [4.69, 9.17) is 5.73 Å². The third kappa shape index (κ3) is 3.00. The van der Waals surface area contributed by atoms with E-state index >= 15 is 0 Å². The van der Waals surface area contributed by atoms with Crippen molar-refractivity contribution in [2.45, 2.75) is 13.5 Å². The van der Waals surface area contributed by atoms with Crippen LogP contribution >= 0.6 is 0 Å². The quantitative estimate of drug-likeness (QED) is 0.619. The van der Waals surface area contributed by atoms with E-state index in [1.165, 1.54) is 0 Å². The van der Waals surface area contributed by atoms with Crippen molar-refractivity contribution in [3.63, 3.8) is 0 Å². The molecule has 6 nitrogen and oxygen atoms in total. The summed E-state index contributed by atoms with van der Waals surface area (Å²) in [5.74, 6) is 0. The molecule has 0 atom stereocenters. The SMILES string of the molecule is Cc1[nH]ncc1CNC(=O)Nc1cccc(N)c1. The maximum Gasteiger partial charge on any atom is 0.319 e. The molecule has 0 aliphatic carbocycles. The molecule has 2 amide bonds. The van der Waals surface area contributed by atoms with Gasteiger partial charge in [-0.1, -0.05) is 6.07 Å². The number of nitrogens with two attached hydrogens (primary N) is 1. The number of carbonyl (C=O) groups excluding carboxylic acids is 1. The molecule has 0 aliphatic rings. The summed E-state index contributed by atoms with van der Waals surface area (Å²) in [5.41, 5.74) is 8.79. The molecule has 1 aromatic heterocycles. The van der Waals surface area contributed by atoms with E-state index < -0.39 is 0 Å². The molecule has 0 unspecified atom stereocenters. The van der Waals surface area contributed by atoms with E-state index in [2.05, 4.69) is 20.8 Å². The maximum absolute atomic E-state index is 11.6. The molecule has 0 saturated heterocycles. The Hall–Kier alpha value is -2.50. The first-order valence-corrected chi connectivity index (χ1v) is 5.54. The van der Waals surface area contributed by atoms with Crippen molar-refractivity contribution in [1.29, 1.82) is 0 Å². The van der Waals surface area contributed by atoms with Gasteiger partial charge in [0.15, 0.2) is 0 Å². The fraction of sp³-hybridized carbons (Fsp3) is 0.167. The number of urea groups is 1. The van der Waals surface area contributed by atoms with Gasteiger partial charge >= 0.3 is 6.03 Å². The highest BCUT2D eigenvalue weighted by Gasteiger charge is 2.04. The van der Waals surface area contributed by atoms with Gasteiger partial charge in [0.2, 0.25) is 0 Å². The Bertz CT molecular complexity index is 549. The van der Waals surface area contributed by atoms with E-state index in [-0.39, 0.29) is 6.03 Å². The third-order valence-corrected chi connectivity index (χ3v) is 2.52. The van der Waals surface area contributed by atoms with E-state index in [0.717, 1.165) is 11.3 Å². The monoisotopic (exact) mass is 245 g/mol. The predicted molar refractivity (Wildman–Crippen MR) is 70.0 cm³/mol. The van der Waals surface area contributed by atoms with Crippen LogP contribution in [-0.4, -0.2) is 16.2 Å². The number of rotatable bonds is 3. The van der Waals surface area contributed by atoms with Crippen LogP contribution in [0.25, 0.3) is 0 Å². The molecule has 1 heterocycles. The Balaban J connectivity index is 1.88. The zero-order valence-electron chi connectivity index (χ0n) is 10.0. The second-order valence-corrected chi connectivity index (χ2v) is 3.95. The summed E-state index contributed by atoms with van der Waals surface area (Å²) in [6.07, 6.45) is 1.69. The Morgan fingerprint density at radius 3 is 3.00 bits per heavy atom. The van der Waals surface area contributed by atoms with Gasteiger partial charge < -0.3 is 16.4 Å². The fourth-order valence-corrected chi connectivity index (χ4v) is 1.52. The van der Waals surface area contributed by atoms with Crippen LogP contribution in [0.3, 0.4) is 0 Å². The number of H-pyrrole nitrogens is 1.